The number of amides is 1. The minimum Gasteiger partial charge on any atom is -0.345 e. The first kappa shape index (κ1) is 19.1. The number of nitrogens with one attached hydrogen (secondary N) is 1. The maximum absolute atomic E-state index is 13.2. The zero-order valence-electron chi connectivity index (χ0n) is 15.8. The molecule has 7 nitrogen and oxygen atoms in total. The van der Waals surface area contributed by atoms with E-state index in [1.54, 1.807) is 30.3 Å². The minimum atomic E-state index is -0.182. The number of carbonyl (C=O) groups excluding carboxylic acids is 1. The van der Waals surface area contributed by atoms with Gasteiger partial charge in [0.05, 0.1) is 43.2 Å². The van der Waals surface area contributed by atoms with Crippen LogP contribution in [0.25, 0.3) is 11.7 Å². The van der Waals surface area contributed by atoms with Crippen LogP contribution in [0.1, 0.15) is 12.5 Å². The van der Waals surface area contributed by atoms with Crippen molar-refractivity contribution < 1.29 is 9.69 Å². The summed E-state index contributed by atoms with van der Waals surface area (Å²) in [5.41, 5.74) is 0.873. The van der Waals surface area contributed by atoms with Crippen molar-refractivity contribution in [1.29, 1.82) is 0 Å². The standard InChI is InChI=1S/C19H21N5O2S2/c1-3-22-8-10-23(11-9-22)16-13(12-14-18(26)21(2)19(27)28-14)17(25)24-7-5-4-6-15(24)20-16/h4-7,12H,3,8-11H2,1-2H3/p+1/b14-12-. The summed E-state index contributed by atoms with van der Waals surface area (Å²) in [6.45, 7) is 6.94. The van der Waals surface area contributed by atoms with E-state index in [-0.39, 0.29) is 11.5 Å². The van der Waals surface area contributed by atoms with E-state index in [0.717, 1.165) is 32.7 Å². The zero-order chi connectivity index (χ0) is 19.8. The van der Waals surface area contributed by atoms with Crippen LogP contribution in [-0.2, 0) is 4.79 Å². The van der Waals surface area contributed by atoms with Crippen LogP contribution in [0, 0.1) is 0 Å². The number of rotatable bonds is 3. The van der Waals surface area contributed by atoms with Gasteiger partial charge in [-0.2, -0.15) is 0 Å². The van der Waals surface area contributed by atoms with Gasteiger partial charge in [0.1, 0.15) is 15.8 Å². The summed E-state index contributed by atoms with van der Waals surface area (Å²) in [5, 5.41) is 0. The number of hydrogen-bond acceptors (Lipinski definition) is 6. The second kappa shape index (κ2) is 7.65. The molecule has 1 amide bonds. The van der Waals surface area contributed by atoms with Gasteiger partial charge in [0.15, 0.2) is 0 Å². The van der Waals surface area contributed by atoms with Gasteiger partial charge in [-0.25, -0.2) is 4.98 Å². The van der Waals surface area contributed by atoms with Gasteiger partial charge in [-0.3, -0.25) is 18.9 Å². The summed E-state index contributed by atoms with van der Waals surface area (Å²) in [7, 11) is 1.65. The quantitative estimate of drug-likeness (QED) is 0.572. The van der Waals surface area contributed by atoms with Gasteiger partial charge in [0.2, 0.25) is 0 Å². The molecule has 0 radical (unpaired) electrons. The highest BCUT2D eigenvalue weighted by atomic mass is 32.2. The van der Waals surface area contributed by atoms with Crippen molar-refractivity contribution in [2.45, 2.75) is 6.92 Å². The molecule has 4 rings (SSSR count). The molecule has 2 aliphatic heterocycles. The molecule has 2 aromatic rings. The molecule has 0 atom stereocenters. The van der Waals surface area contributed by atoms with Crippen molar-refractivity contribution in [2.24, 2.45) is 0 Å². The second-order valence-electron chi connectivity index (χ2n) is 6.91. The van der Waals surface area contributed by atoms with Crippen LogP contribution in [0.4, 0.5) is 5.82 Å². The molecule has 0 unspecified atom stereocenters. The molecule has 0 aromatic carbocycles. The molecule has 9 heteroatoms. The van der Waals surface area contributed by atoms with E-state index >= 15 is 0 Å². The lowest BCUT2D eigenvalue weighted by Crippen LogP contribution is -3.14. The average Bonchev–Trinajstić information content (AvgIpc) is 2.96. The van der Waals surface area contributed by atoms with E-state index in [9.17, 15) is 9.59 Å². The van der Waals surface area contributed by atoms with Crippen LogP contribution in [0.3, 0.4) is 0 Å². The van der Waals surface area contributed by atoms with E-state index in [4.69, 9.17) is 17.2 Å². The summed E-state index contributed by atoms with van der Waals surface area (Å²) < 4.78 is 2.02. The van der Waals surface area contributed by atoms with Gasteiger partial charge in [-0.1, -0.05) is 30.0 Å². The molecule has 0 aliphatic carbocycles. The fraction of sp³-hybridized carbons (Fsp3) is 0.368. The van der Waals surface area contributed by atoms with Gasteiger partial charge >= 0.3 is 0 Å². The van der Waals surface area contributed by atoms with Gasteiger partial charge in [0, 0.05) is 13.2 Å². The van der Waals surface area contributed by atoms with Crippen LogP contribution >= 0.6 is 24.0 Å². The summed E-state index contributed by atoms with van der Waals surface area (Å²) >= 11 is 6.44. The van der Waals surface area contributed by atoms with Crippen molar-refractivity contribution in [2.75, 3.05) is 44.7 Å². The maximum Gasteiger partial charge on any atom is 0.267 e. The van der Waals surface area contributed by atoms with Gasteiger partial charge < -0.3 is 9.80 Å². The van der Waals surface area contributed by atoms with E-state index in [1.165, 1.54) is 21.1 Å². The topological polar surface area (TPSA) is 62.4 Å². The molecule has 0 saturated carbocycles. The van der Waals surface area contributed by atoms with Crippen molar-refractivity contribution >= 4 is 51.7 Å². The minimum absolute atomic E-state index is 0.174. The van der Waals surface area contributed by atoms with Crippen molar-refractivity contribution in [1.82, 2.24) is 14.3 Å². The fourth-order valence-electron chi connectivity index (χ4n) is 3.52. The molecule has 0 bridgehead atoms. The number of carbonyl (C=O) groups is 1. The molecule has 2 aromatic heterocycles. The molecule has 2 aliphatic rings. The average molecular weight is 417 g/mol. The van der Waals surface area contributed by atoms with Crippen molar-refractivity contribution in [3.8, 4) is 0 Å². The van der Waals surface area contributed by atoms with E-state index < -0.39 is 0 Å². The number of quaternary nitrogens is 1. The van der Waals surface area contributed by atoms with Gasteiger partial charge in [0.25, 0.3) is 11.5 Å². The SMILES string of the molecule is CC[NH+]1CCN(c2nc3ccccn3c(=O)c2/C=C2\SC(=S)N(C)C2=O)CC1. The van der Waals surface area contributed by atoms with Crippen molar-refractivity contribution in [3.63, 3.8) is 0 Å². The molecule has 2 fully saturated rings. The lowest BCUT2D eigenvalue weighted by molar-refractivity contribution is -0.898. The summed E-state index contributed by atoms with van der Waals surface area (Å²) in [5.74, 6) is 0.464. The second-order valence-corrected chi connectivity index (χ2v) is 8.59. The molecule has 1 N–H and O–H groups in total. The number of pyridine rings is 1. The fourth-order valence-corrected chi connectivity index (χ4v) is 4.68. The Morgan fingerprint density at radius 1 is 1.29 bits per heavy atom. The predicted octanol–water partition coefficient (Wildman–Crippen LogP) is 0.250. The Morgan fingerprint density at radius 2 is 2.04 bits per heavy atom. The first-order valence-corrected chi connectivity index (χ1v) is 10.5. The van der Waals surface area contributed by atoms with Crippen LogP contribution in [0.15, 0.2) is 34.1 Å². The summed E-state index contributed by atoms with van der Waals surface area (Å²) in [6, 6.07) is 5.49. The third-order valence-corrected chi connectivity index (χ3v) is 6.77. The monoisotopic (exact) mass is 416 g/mol. The van der Waals surface area contributed by atoms with Crippen molar-refractivity contribution in [3.05, 3.63) is 45.2 Å². The number of hydrogen-bond donors (Lipinski definition) is 1. The molecule has 4 heterocycles. The highest BCUT2D eigenvalue weighted by Gasteiger charge is 2.30. The molecule has 28 heavy (non-hydrogen) atoms. The maximum atomic E-state index is 13.2. The van der Waals surface area contributed by atoms with E-state index in [2.05, 4.69) is 11.8 Å². The number of nitrogens with zero attached hydrogens (tertiary/aromatic N) is 4. The number of aromatic nitrogens is 2. The predicted molar refractivity (Wildman–Crippen MR) is 116 cm³/mol. The van der Waals surface area contributed by atoms with Crippen LogP contribution in [-0.4, -0.2) is 64.3 Å². The highest BCUT2D eigenvalue weighted by Crippen LogP contribution is 2.32. The Morgan fingerprint density at radius 3 is 2.68 bits per heavy atom. The Balaban J connectivity index is 1.84. The number of anilines is 1. The first-order chi connectivity index (χ1) is 13.5. The first-order valence-electron chi connectivity index (χ1n) is 9.31. The molecular formula is C19H22N5O2S2+. The molecule has 0 spiro atoms. The number of thioether (sulfide) groups is 1. The highest BCUT2D eigenvalue weighted by molar-refractivity contribution is 8.26. The van der Waals surface area contributed by atoms with Crippen LogP contribution in [0.2, 0.25) is 0 Å². The third kappa shape index (κ3) is 3.34. The zero-order valence-corrected chi connectivity index (χ0v) is 17.5. The van der Waals surface area contributed by atoms with Crippen LogP contribution < -0.4 is 15.4 Å². The Bertz CT molecular complexity index is 1040. The Hall–Kier alpha value is -2.23. The number of likely N-dealkylation sites (N-methyl/N-ethyl adjacent to an activating group) is 2. The number of fused-ring (bicyclic) bond motifs is 1. The van der Waals surface area contributed by atoms with Crippen LogP contribution in [0.5, 0.6) is 0 Å². The van der Waals surface area contributed by atoms with E-state index in [1.807, 2.05) is 12.1 Å². The Kier molecular flexibility index (Phi) is 5.22. The smallest absolute Gasteiger partial charge is 0.267 e. The normalized spacial score (nSPS) is 20.0. The number of thiocarbonyl (C=S) groups is 1. The number of piperazine rings is 1. The molecule has 146 valence electrons. The third-order valence-electron chi connectivity index (χ3n) is 5.28. The lowest BCUT2D eigenvalue weighted by atomic mass is 10.2. The largest absolute Gasteiger partial charge is 0.345 e. The molecular weight excluding hydrogens is 394 g/mol. The lowest BCUT2D eigenvalue weighted by Gasteiger charge is -2.33. The summed E-state index contributed by atoms with van der Waals surface area (Å²) in [6.07, 6.45) is 3.36. The Labute approximate surface area is 172 Å². The van der Waals surface area contributed by atoms with Gasteiger partial charge in [-0.05, 0) is 25.1 Å². The van der Waals surface area contributed by atoms with Gasteiger partial charge in [-0.15, -0.1) is 0 Å². The summed E-state index contributed by atoms with van der Waals surface area (Å²) in [4.78, 5) is 36.1. The van der Waals surface area contributed by atoms with E-state index in [0.29, 0.717) is 26.3 Å². The molecule has 2 saturated heterocycles.